The maximum atomic E-state index is 14.0. The molecular formula is C20H27FN4O3S. The highest BCUT2D eigenvalue weighted by Gasteiger charge is 2.31. The highest BCUT2D eigenvalue weighted by molar-refractivity contribution is 7.89. The first kappa shape index (κ1) is 21.4. The molecular weight excluding hydrogens is 395 g/mol. The fraction of sp³-hybridized carbons (Fsp3) is 0.500. The Morgan fingerprint density at radius 2 is 2.10 bits per heavy atom. The molecule has 9 heteroatoms. The van der Waals surface area contributed by atoms with Crippen LogP contribution < -0.4 is 5.32 Å². The summed E-state index contributed by atoms with van der Waals surface area (Å²) in [5.41, 5.74) is 0. The summed E-state index contributed by atoms with van der Waals surface area (Å²) in [5, 5.41) is 7.01. The molecule has 1 N–H and O–H groups in total. The van der Waals surface area contributed by atoms with Crippen molar-refractivity contribution in [3.05, 3.63) is 48.5 Å². The molecule has 0 bridgehead atoms. The van der Waals surface area contributed by atoms with Crippen molar-refractivity contribution in [2.45, 2.75) is 43.5 Å². The summed E-state index contributed by atoms with van der Waals surface area (Å²) in [5.74, 6) is -0.663. The second-order valence-corrected chi connectivity index (χ2v) is 9.22. The molecule has 0 radical (unpaired) electrons. The molecule has 1 aliphatic rings. The van der Waals surface area contributed by atoms with Crippen LogP contribution in [0.25, 0.3) is 0 Å². The van der Waals surface area contributed by atoms with Crippen LogP contribution in [0.15, 0.2) is 47.6 Å². The molecule has 3 rings (SSSR count). The summed E-state index contributed by atoms with van der Waals surface area (Å²) in [6.07, 6.45) is 6.96. The number of nitrogens with zero attached hydrogens (tertiary/aromatic N) is 3. The van der Waals surface area contributed by atoms with E-state index in [1.165, 1.54) is 22.5 Å². The number of hydrogen-bond acceptors (Lipinski definition) is 4. The standard InChI is InChI=1S/C20H27FN4O3S/c21-18-7-1-2-8-19(18)29(27,28)25-15-3-6-17(16-25)9-10-20(26)22-11-4-13-24-14-5-12-23-24/h1-2,5,7-8,12,14,17H,3-4,6,9-11,13,15-16H2,(H,22,26). The minimum absolute atomic E-state index is 0.0282. The van der Waals surface area contributed by atoms with Crippen molar-refractivity contribution in [1.29, 1.82) is 0 Å². The largest absolute Gasteiger partial charge is 0.356 e. The second kappa shape index (κ2) is 9.98. The normalized spacial score (nSPS) is 17.9. The number of benzene rings is 1. The van der Waals surface area contributed by atoms with Gasteiger partial charge in [0.15, 0.2) is 0 Å². The van der Waals surface area contributed by atoms with Gasteiger partial charge in [-0.2, -0.15) is 9.40 Å². The van der Waals surface area contributed by atoms with E-state index in [1.54, 1.807) is 6.20 Å². The molecule has 1 amide bonds. The summed E-state index contributed by atoms with van der Waals surface area (Å²) in [6, 6.07) is 7.31. The monoisotopic (exact) mass is 422 g/mol. The summed E-state index contributed by atoms with van der Waals surface area (Å²) in [6.45, 7) is 2.03. The van der Waals surface area contributed by atoms with Crippen LogP contribution >= 0.6 is 0 Å². The third-order valence-electron chi connectivity index (χ3n) is 5.16. The number of amides is 1. The fourth-order valence-electron chi connectivity index (χ4n) is 3.60. The Morgan fingerprint density at radius 1 is 1.28 bits per heavy atom. The highest BCUT2D eigenvalue weighted by Crippen LogP contribution is 2.27. The van der Waals surface area contributed by atoms with Gasteiger partial charge < -0.3 is 5.32 Å². The zero-order valence-corrected chi connectivity index (χ0v) is 17.2. The van der Waals surface area contributed by atoms with Crippen molar-refractivity contribution in [2.75, 3.05) is 19.6 Å². The van der Waals surface area contributed by atoms with E-state index >= 15 is 0 Å². The lowest BCUT2D eigenvalue weighted by atomic mass is 9.94. The minimum Gasteiger partial charge on any atom is -0.356 e. The smallest absolute Gasteiger partial charge is 0.245 e. The van der Waals surface area contributed by atoms with Gasteiger partial charge in [0.25, 0.3) is 0 Å². The van der Waals surface area contributed by atoms with Gasteiger partial charge in [-0.05, 0) is 49.8 Å². The van der Waals surface area contributed by atoms with Gasteiger partial charge in [0.2, 0.25) is 15.9 Å². The zero-order chi connectivity index (χ0) is 20.7. The van der Waals surface area contributed by atoms with Crippen molar-refractivity contribution in [3.8, 4) is 0 Å². The number of carbonyl (C=O) groups excluding carboxylic acids is 1. The van der Waals surface area contributed by atoms with Gasteiger partial charge in [0.05, 0.1) is 0 Å². The first-order valence-corrected chi connectivity index (χ1v) is 11.4. The highest BCUT2D eigenvalue weighted by atomic mass is 32.2. The molecule has 2 heterocycles. The fourth-order valence-corrected chi connectivity index (χ4v) is 5.22. The number of sulfonamides is 1. The number of piperidine rings is 1. The van der Waals surface area contributed by atoms with Crippen molar-refractivity contribution < 1.29 is 17.6 Å². The number of halogens is 1. The molecule has 1 aliphatic heterocycles. The molecule has 0 aliphatic carbocycles. The predicted molar refractivity (Wildman–Crippen MR) is 107 cm³/mol. The van der Waals surface area contributed by atoms with Gasteiger partial charge in [-0.15, -0.1) is 0 Å². The Hall–Kier alpha value is -2.26. The van der Waals surface area contributed by atoms with Crippen LogP contribution in [-0.2, 0) is 21.4 Å². The Bertz CT molecular complexity index is 902. The van der Waals surface area contributed by atoms with Crippen LogP contribution in [-0.4, -0.2) is 48.0 Å². The third kappa shape index (κ3) is 5.86. The predicted octanol–water partition coefficient (Wildman–Crippen LogP) is 2.41. The number of carbonyl (C=O) groups is 1. The first-order valence-electron chi connectivity index (χ1n) is 9.95. The van der Waals surface area contributed by atoms with Crippen LogP contribution in [0, 0.1) is 11.7 Å². The molecule has 0 spiro atoms. The van der Waals surface area contributed by atoms with Crippen LogP contribution in [0.1, 0.15) is 32.1 Å². The third-order valence-corrected chi connectivity index (χ3v) is 7.06. The van der Waals surface area contributed by atoms with Gasteiger partial charge in [-0.3, -0.25) is 9.48 Å². The first-order chi connectivity index (χ1) is 14.0. The molecule has 1 saturated heterocycles. The van der Waals surface area contributed by atoms with Crippen LogP contribution in [0.4, 0.5) is 4.39 Å². The van der Waals surface area contributed by atoms with E-state index in [0.717, 1.165) is 25.5 Å². The molecule has 1 aromatic heterocycles. The van der Waals surface area contributed by atoms with E-state index in [2.05, 4.69) is 10.4 Å². The number of aromatic nitrogens is 2. The molecule has 7 nitrogen and oxygen atoms in total. The molecule has 158 valence electrons. The van der Waals surface area contributed by atoms with Gasteiger partial charge in [0, 0.05) is 45.0 Å². The van der Waals surface area contributed by atoms with E-state index in [4.69, 9.17) is 0 Å². The molecule has 1 fully saturated rings. The average Bonchev–Trinajstić information content (AvgIpc) is 3.24. The molecule has 1 atom stereocenters. The number of rotatable bonds is 9. The van der Waals surface area contributed by atoms with Crippen LogP contribution in [0.3, 0.4) is 0 Å². The van der Waals surface area contributed by atoms with Gasteiger partial charge >= 0.3 is 0 Å². The van der Waals surface area contributed by atoms with E-state index in [0.29, 0.717) is 38.9 Å². The number of aryl methyl sites for hydroxylation is 1. The lowest BCUT2D eigenvalue weighted by molar-refractivity contribution is -0.121. The SMILES string of the molecule is O=C(CCC1CCCN(S(=O)(=O)c2ccccc2F)C1)NCCCn1cccn1. The Balaban J connectivity index is 1.43. The van der Waals surface area contributed by atoms with E-state index in [1.807, 2.05) is 16.9 Å². The maximum Gasteiger partial charge on any atom is 0.245 e. The lowest BCUT2D eigenvalue weighted by Gasteiger charge is -2.32. The van der Waals surface area contributed by atoms with Crippen LogP contribution in [0.2, 0.25) is 0 Å². The summed E-state index contributed by atoms with van der Waals surface area (Å²) in [7, 11) is -3.85. The topological polar surface area (TPSA) is 84.3 Å². The van der Waals surface area contributed by atoms with Crippen LogP contribution in [0.5, 0.6) is 0 Å². The van der Waals surface area contributed by atoms with Gasteiger partial charge in [-0.1, -0.05) is 12.1 Å². The lowest BCUT2D eigenvalue weighted by Crippen LogP contribution is -2.40. The van der Waals surface area contributed by atoms with Gasteiger partial charge in [-0.25, -0.2) is 12.8 Å². The summed E-state index contributed by atoms with van der Waals surface area (Å²) in [4.78, 5) is 11.8. The Morgan fingerprint density at radius 3 is 2.86 bits per heavy atom. The average molecular weight is 423 g/mol. The molecule has 1 unspecified atom stereocenters. The van der Waals surface area contributed by atoms with Crippen molar-refractivity contribution in [1.82, 2.24) is 19.4 Å². The number of hydrogen-bond donors (Lipinski definition) is 1. The quantitative estimate of drug-likeness (QED) is 0.629. The molecule has 2 aromatic rings. The van der Waals surface area contributed by atoms with Crippen molar-refractivity contribution >= 4 is 15.9 Å². The zero-order valence-electron chi connectivity index (χ0n) is 16.3. The molecule has 29 heavy (non-hydrogen) atoms. The van der Waals surface area contributed by atoms with E-state index < -0.39 is 15.8 Å². The van der Waals surface area contributed by atoms with Crippen molar-refractivity contribution in [3.63, 3.8) is 0 Å². The van der Waals surface area contributed by atoms with Crippen molar-refractivity contribution in [2.24, 2.45) is 5.92 Å². The molecule has 1 aromatic carbocycles. The molecule has 0 saturated carbocycles. The summed E-state index contributed by atoms with van der Waals surface area (Å²) < 4.78 is 42.7. The minimum atomic E-state index is -3.85. The maximum absolute atomic E-state index is 14.0. The second-order valence-electron chi connectivity index (χ2n) is 7.31. The van der Waals surface area contributed by atoms with E-state index in [-0.39, 0.29) is 16.7 Å². The summed E-state index contributed by atoms with van der Waals surface area (Å²) >= 11 is 0. The van der Waals surface area contributed by atoms with E-state index in [9.17, 15) is 17.6 Å². The van der Waals surface area contributed by atoms with Gasteiger partial charge in [0.1, 0.15) is 10.7 Å². The number of nitrogens with one attached hydrogen (secondary N) is 1. The Labute approximate surface area is 171 Å². The Kier molecular flexibility index (Phi) is 7.38.